The average Bonchev–Trinajstić information content (AvgIpc) is 1.82. The highest BCUT2D eigenvalue weighted by molar-refractivity contribution is 5.47. The molecule has 10 heavy (non-hydrogen) atoms. The Morgan fingerprint density at radius 3 is 1.80 bits per heavy atom. The Balaban J connectivity index is 3.31. The maximum absolute atomic E-state index is 8.96. The van der Waals surface area contributed by atoms with Crippen LogP contribution < -0.4 is 0 Å². The number of hydrogen-bond acceptors (Lipinski definition) is 3. The maximum atomic E-state index is 8.96. The molecule has 3 nitrogen and oxygen atoms in total. The van der Waals surface area contributed by atoms with Gasteiger partial charge in [0.05, 0.1) is 0 Å². The lowest BCUT2D eigenvalue weighted by molar-refractivity contribution is 0.422. The van der Waals surface area contributed by atoms with E-state index in [2.05, 4.69) is 0 Å². The first-order valence-electron chi connectivity index (χ1n) is 2.83. The molecule has 0 aliphatic rings. The van der Waals surface area contributed by atoms with E-state index in [0.29, 0.717) is 5.56 Å². The zero-order chi connectivity index (χ0) is 7.72. The molecule has 3 heteroatoms. The Bertz CT molecular complexity index is 232. The van der Waals surface area contributed by atoms with Gasteiger partial charge in [-0.1, -0.05) is 0 Å². The molecule has 1 rings (SSSR count). The van der Waals surface area contributed by atoms with Gasteiger partial charge < -0.3 is 15.3 Å². The summed E-state index contributed by atoms with van der Waals surface area (Å²) in [5.74, 6) is -0.337. The highest BCUT2D eigenvalue weighted by Gasteiger charge is 2.02. The predicted molar refractivity (Wildman–Crippen MR) is 36.2 cm³/mol. The van der Waals surface area contributed by atoms with Crippen molar-refractivity contribution in [3.63, 3.8) is 0 Å². The van der Waals surface area contributed by atoms with E-state index < -0.39 is 0 Å². The third-order valence-electron chi connectivity index (χ3n) is 1.34. The van der Waals surface area contributed by atoms with Crippen molar-refractivity contribution in [1.29, 1.82) is 0 Å². The van der Waals surface area contributed by atoms with Crippen molar-refractivity contribution in [3.8, 4) is 17.2 Å². The summed E-state index contributed by atoms with van der Waals surface area (Å²) >= 11 is 0. The van der Waals surface area contributed by atoms with Crippen LogP contribution >= 0.6 is 0 Å². The lowest BCUT2D eigenvalue weighted by Crippen LogP contribution is -1.75. The van der Waals surface area contributed by atoms with E-state index in [1.807, 2.05) is 0 Å². The van der Waals surface area contributed by atoms with Crippen LogP contribution in [0.2, 0.25) is 0 Å². The lowest BCUT2D eigenvalue weighted by atomic mass is 10.2. The van der Waals surface area contributed by atoms with E-state index in [0.717, 1.165) is 0 Å². The average molecular weight is 140 g/mol. The van der Waals surface area contributed by atoms with Crippen LogP contribution in [0.4, 0.5) is 0 Å². The maximum Gasteiger partial charge on any atom is 0.125 e. The zero-order valence-electron chi connectivity index (χ0n) is 5.50. The number of phenols is 3. The van der Waals surface area contributed by atoms with E-state index in [1.54, 1.807) is 6.92 Å². The summed E-state index contributed by atoms with van der Waals surface area (Å²) < 4.78 is 0. The Kier molecular flexibility index (Phi) is 1.41. The summed E-state index contributed by atoms with van der Waals surface area (Å²) in [6.45, 7) is 1.56. The van der Waals surface area contributed by atoms with Gasteiger partial charge in [0.25, 0.3) is 0 Å². The smallest absolute Gasteiger partial charge is 0.125 e. The molecule has 3 N–H and O–H groups in total. The third kappa shape index (κ3) is 0.978. The molecule has 0 unspecified atom stereocenters. The predicted octanol–water partition coefficient (Wildman–Crippen LogP) is 1.11. The molecule has 1 aromatic carbocycles. The van der Waals surface area contributed by atoms with E-state index in [9.17, 15) is 0 Å². The molecule has 0 aromatic heterocycles. The first-order valence-corrected chi connectivity index (χ1v) is 2.83. The molecule has 0 aliphatic carbocycles. The Hall–Kier alpha value is -1.38. The Labute approximate surface area is 58.2 Å². The van der Waals surface area contributed by atoms with Gasteiger partial charge in [-0.25, -0.2) is 0 Å². The molecular weight excluding hydrogens is 132 g/mol. The van der Waals surface area contributed by atoms with E-state index >= 15 is 0 Å². The lowest BCUT2D eigenvalue weighted by Gasteiger charge is -2.01. The number of benzene rings is 1. The number of hydrogen-bond donors (Lipinski definition) is 3. The van der Waals surface area contributed by atoms with Gasteiger partial charge in [0.2, 0.25) is 0 Å². The van der Waals surface area contributed by atoms with Crippen molar-refractivity contribution in [1.82, 2.24) is 0 Å². The fourth-order valence-corrected chi connectivity index (χ4v) is 0.670. The first-order chi connectivity index (χ1) is 4.61. The Morgan fingerprint density at radius 2 is 1.40 bits per heavy atom. The van der Waals surface area contributed by atoms with Crippen LogP contribution in [0.5, 0.6) is 17.2 Å². The largest absolute Gasteiger partial charge is 0.508 e. The summed E-state index contributed by atoms with van der Waals surface area (Å²) in [5.41, 5.74) is 0.373. The molecule has 1 aromatic rings. The van der Waals surface area contributed by atoms with Crippen molar-refractivity contribution >= 4 is 0 Å². The van der Waals surface area contributed by atoms with Crippen molar-refractivity contribution in [3.05, 3.63) is 17.7 Å². The van der Waals surface area contributed by atoms with Crippen LogP contribution in [0.3, 0.4) is 0 Å². The fraction of sp³-hybridized carbons (Fsp3) is 0.143. The highest BCUT2D eigenvalue weighted by atomic mass is 16.3. The minimum absolute atomic E-state index is 0.0995. The minimum Gasteiger partial charge on any atom is -0.508 e. The van der Waals surface area contributed by atoms with Gasteiger partial charge in [0, 0.05) is 17.7 Å². The normalized spacial score (nSPS) is 9.70. The van der Waals surface area contributed by atoms with Crippen LogP contribution in [0, 0.1) is 6.92 Å². The zero-order valence-corrected chi connectivity index (χ0v) is 5.50. The van der Waals surface area contributed by atoms with Crippen LogP contribution in [0.15, 0.2) is 12.1 Å². The summed E-state index contributed by atoms with van der Waals surface area (Å²) in [6.07, 6.45) is 0. The minimum atomic E-state index is -0.138. The van der Waals surface area contributed by atoms with Crippen LogP contribution in [0.25, 0.3) is 0 Å². The van der Waals surface area contributed by atoms with Gasteiger partial charge in [-0.15, -0.1) is 0 Å². The fourth-order valence-electron chi connectivity index (χ4n) is 0.670. The molecule has 0 spiro atoms. The van der Waals surface area contributed by atoms with Crippen molar-refractivity contribution in [2.75, 3.05) is 0 Å². The summed E-state index contributed by atoms with van der Waals surface area (Å²) in [6, 6.07) is 2.35. The van der Waals surface area contributed by atoms with Gasteiger partial charge in [-0.05, 0) is 6.92 Å². The second-order valence-electron chi connectivity index (χ2n) is 2.11. The highest BCUT2D eigenvalue weighted by Crippen LogP contribution is 2.30. The molecule has 0 bridgehead atoms. The van der Waals surface area contributed by atoms with Crippen LogP contribution in [-0.2, 0) is 0 Å². The van der Waals surface area contributed by atoms with Crippen molar-refractivity contribution in [2.24, 2.45) is 0 Å². The quantitative estimate of drug-likeness (QED) is 0.506. The van der Waals surface area contributed by atoms with Gasteiger partial charge in [-0.3, -0.25) is 0 Å². The van der Waals surface area contributed by atoms with Crippen molar-refractivity contribution in [2.45, 2.75) is 6.92 Å². The van der Waals surface area contributed by atoms with Crippen molar-refractivity contribution < 1.29 is 15.3 Å². The van der Waals surface area contributed by atoms with E-state index in [1.165, 1.54) is 12.1 Å². The molecule has 0 amide bonds. The molecule has 0 heterocycles. The molecule has 0 aliphatic heterocycles. The molecule has 0 radical (unpaired) electrons. The molecule has 0 atom stereocenters. The van der Waals surface area contributed by atoms with E-state index in [-0.39, 0.29) is 17.2 Å². The molecule has 0 saturated heterocycles. The standard InChI is InChI=1S/C7H8O3/c1-4-6(9)2-5(8)3-7(4)10/h2-3,8-10H,1H3. The first kappa shape index (κ1) is 6.74. The van der Waals surface area contributed by atoms with Gasteiger partial charge in [0.15, 0.2) is 0 Å². The van der Waals surface area contributed by atoms with Gasteiger partial charge in [-0.2, -0.15) is 0 Å². The number of rotatable bonds is 0. The van der Waals surface area contributed by atoms with Crippen LogP contribution in [0.1, 0.15) is 5.56 Å². The monoisotopic (exact) mass is 140 g/mol. The van der Waals surface area contributed by atoms with Gasteiger partial charge in [0.1, 0.15) is 17.2 Å². The SMILES string of the molecule is Cc1c(O)cc(O)cc1O. The summed E-state index contributed by atoms with van der Waals surface area (Å²) in [7, 11) is 0. The van der Waals surface area contributed by atoms with E-state index in [4.69, 9.17) is 15.3 Å². The second kappa shape index (κ2) is 2.10. The molecule has 0 saturated carbocycles. The summed E-state index contributed by atoms with van der Waals surface area (Å²) in [4.78, 5) is 0. The molecule has 54 valence electrons. The topological polar surface area (TPSA) is 60.7 Å². The third-order valence-corrected chi connectivity index (χ3v) is 1.34. The van der Waals surface area contributed by atoms with Gasteiger partial charge >= 0.3 is 0 Å². The molecular formula is C7H8O3. The molecule has 0 fully saturated rings. The second-order valence-corrected chi connectivity index (χ2v) is 2.11. The number of phenolic OH excluding ortho intramolecular Hbond substituents is 3. The number of aromatic hydroxyl groups is 3. The van der Waals surface area contributed by atoms with Crippen LogP contribution in [-0.4, -0.2) is 15.3 Å². The summed E-state index contributed by atoms with van der Waals surface area (Å²) in [5, 5.41) is 26.7. The Morgan fingerprint density at radius 1 is 1.00 bits per heavy atom.